The van der Waals surface area contributed by atoms with Gasteiger partial charge in [-0.1, -0.05) is 17.3 Å². The molecule has 2 aromatic rings. The third-order valence-electron chi connectivity index (χ3n) is 2.24. The Kier molecular flexibility index (Phi) is 4.14. The summed E-state index contributed by atoms with van der Waals surface area (Å²) in [6, 6.07) is 6.89. The molecular weight excluding hydrogens is 241 g/mol. The first-order valence-electron chi connectivity index (χ1n) is 4.31. The third-order valence-corrected chi connectivity index (χ3v) is 3.35. The first-order valence-corrected chi connectivity index (χ1v) is 5.81. The minimum absolute atomic E-state index is 0. The summed E-state index contributed by atoms with van der Waals surface area (Å²) in [7, 11) is -4.14. The fourth-order valence-electron chi connectivity index (χ4n) is 1.34. The topological polar surface area (TPSA) is 80.4 Å². The zero-order valence-electron chi connectivity index (χ0n) is 9.91. The van der Waals surface area contributed by atoms with E-state index in [2.05, 4.69) is 5.16 Å². The summed E-state index contributed by atoms with van der Waals surface area (Å²) >= 11 is 0. The zero-order valence-corrected chi connectivity index (χ0v) is 11.7. The minimum Gasteiger partial charge on any atom is -1.00 e. The summed E-state index contributed by atoms with van der Waals surface area (Å²) in [5.41, 5.74) is 0.733. The van der Waals surface area contributed by atoms with Gasteiger partial charge >= 0.3 is 29.6 Å². The molecule has 82 valence electrons. The van der Waals surface area contributed by atoms with E-state index in [1.807, 2.05) is 0 Å². The van der Waals surface area contributed by atoms with Crippen molar-refractivity contribution in [3.8, 4) is 0 Å². The van der Waals surface area contributed by atoms with Crippen molar-refractivity contribution in [3.05, 3.63) is 30.0 Å². The molecule has 16 heavy (non-hydrogen) atoms. The SMILES string of the molecule is CC(c1noc2ccccc12)S(=O)(=O)O.[H-].[Na+]. The van der Waals surface area contributed by atoms with E-state index in [1.54, 1.807) is 24.3 Å². The normalized spacial score (nSPS) is 13.4. The summed E-state index contributed by atoms with van der Waals surface area (Å²) in [5, 5.41) is 3.16. The average Bonchev–Trinajstić information content (AvgIpc) is 2.58. The second kappa shape index (κ2) is 4.85. The molecule has 0 fully saturated rings. The number of hydrogen-bond donors (Lipinski definition) is 1. The fourth-order valence-corrected chi connectivity index (χ4v) is 1.79. The van der Waals surface area contributed by atoms with E-state index in [-0.39, 0.29) is 36.7 Å². The molecule has 1 aromatic heterocycles. The van der Waals surface area contributed by atoms with Gasteiger partial charge in [0, 0.05) is 5.39 Å². The van der Waals surface area contributed by atoms with Crippen LogP contribution >= 0.6 is 0 Å². The molecule has 0 saturated heterocycles. The maximum atomic E-state index is 10.9. The number of benzene rings is 1. The predicted molar refractivity (Wildman–Crippen MR) is 55.1 cm³/mol. The smallest absolute Gasteiger partial charge is 1.00 e. The number of para-hydroxylation sites is 1. The van der Waals surface area contributed by atoms with Crippen molar-refractivity contribution >= 4 is 21.1 Å². The van der Waals surface area contributed by atoms with Gasteiger partial charge in [0.1, 0.15) is 10.9 Å². The van der Waals surface area contributed by atoms with E-state index < -0.39 is 15.4 Å². The number of fused-ring (bicyclic) bond motifs is 1. The van der Waals surface area contributed by atoms with Crippen LogP contribution in [0.4, 0.5) is 0 Å². The van der Waals surface area contributed by atoms with Gasteiger partial charge in [0.25, 0.3) is 10.1 Å². The summed E-state index contributed by atoms with van der Waals surface area (Å²) < 4.78 is 35.7. The third kappa shape index (κ3) is 2.46. The molecule has 1 N–H and O–H groups in total. The van der Waals surface area contributed by atoms with Crippen LogP contribution in [0.25, 0.3) is 11.0 Å². The first-order chi connectivity index (χ1) is 7.00. The first kappa shape index (κ1) is 13.7. The van der Waals surface area contributed by atoms with Crippen LogP contribution in [0.1, 0.15) is 19.3 Å². The Morgan fingerprint density at radius 2 is 2.06 bits per heavy atom. The summed E-state index contributed by atoms with van der Waals surface area (Å²) in [5.74, 6) is 0. The summed E-state index contributed by atoms with van der Waals surface area (Å²) in [4.78, 5) is 0. The van der Waals surface area contributed by atoms with E-state index >= 15 is 0 Å². The van der Waals surface area contributed by atoms with Gasteiger partial charge in [-0.25, -0.2) is 0 Å². The van der Waals surface area contributed by atoms with Crippen molar-refractivity contribution in [2.75, 3.05) is 0 Å². The molecule has 0 spiro atoms. The number of hydrogen-bond acceptors (Lipinski definition) is 4. The number of nitrogens with zero attached hydrogens (tertiary/aromatic N) is 1. The Hall–Kier alpha value is -0.400. The molecule has 1 unspecified atom stereocenters. The van der Waals surface area contributed by atoms with Crippen molar-refractivity contribution in [3.63, 3.8) is 0 Å². The molecule has 0 bridgehead atoms. The van der Waals surface area contributed by atoms with E-state index in [0.717, 1.165) is 0 Å². The molecule has 0 aliphatic heterocycles. The molecule has 7 heteroatoms. The Bertz CT molecular complexity index is 598. The van der Waals surface area contributed by atoms with Crippen molar-refractivity contribution < 1.29 is 48.5 Å². The molecule has 2 rings (SSSR count). The van der Waals surface area contributed by atoms with Crippen LogP contribution in [0.5, 0.6) is 0 Å². The molecule has 0 aliphatic carbocycles. The molecule has 0 saturated carbocycles. The quantitative estimate of drug-likeness (QED) is 0.541. The second-order valence-corrected chi connectivity index (χ2v) is 4.96. The van der Waals surface area contributed by atoms with Crippen LogP contribution in [0.2, 0.25) is 0 Å². The Morgan fingerprint density at radius 3 is 2.69 bits per heavy atom. The van der Waals surface area contributed by atoms with Gasteiger partial charge in [-0.15, -0.1) is 0 Å². The molecule has 0 amide bonds. The van der Waals surface area contributed by atoms with E-state index in [4.69, 9.17) is 9.08 Å². The molecule has 0 aliphatic rings. The molecule has 1 aromatic carbocycles. The standard InChI is InChI=1S/C9H9NO4S.Na.H/c1-6(15(11,12)13)9-7-4-2-3-5-8(7)14-10-9;;/h2-6H,1H3,(H,11,12,13);;/q;+1;-1. The van der Waals surface area contributed by atoms with Crippen LogP contribution in [-0.2, 0) is 10.1 Å². The van der Waals surface area contributed by atoms with Crippen molar-refractivity contribution in [2.45, 2.75) is 12.2 Å². The largest absolute Gasteiger partial charge is 1.00 e. The van der Waals surface area contributed by atoms with Gasteiger partial charge in [0.15, 0.2) is 5.58 Å². The minimum atomic E-state index is -4.14. The summed E-state index contributed by atoms with van der Waals surface area (Å²) in [6.07, 6.45) is 0. The summed E-state index contributed by atoms with van der Waals surface area (Å²) in [6.45, 7) is 1.36. The van der Waals surface area contributed by atoms with Crippen LogP contribution in [-0.4, -0.2) is 18.1 Å². The van der Waals surface area contributed by atoms with E-state index in [9.17, 15) is 8.42 Å². The van der Waals surface area contributed by atoms with Gasteiger partial charge in [0.05, 0.1) is 0 Å². The Balaban J connectivity index is 0.00000128. The van der Waals surface area contributed by atoms with E-state index in [1.165, 1.54) is 6.92 Å². The number of aromatic nitrogens is 1. The van der Waals surface area contributed by atoms with Crippen molar-refractivity contribution in [1.82, 2.24) is 5.16 Å². The van der Waals surface area contributed by atoms with Crippen LogP contribution in [0, 0.1) is 0 Å². The number of rotatable bonds is 2. The zero-order chi connectivity index (χ0) is 11.1. The predicted octanol–water partition coefficient (Wildman–Crippen LogP) is -1.11. The average molecular weight is 251 g/mol. The molecule has 1 atom stereocenters. The van der Waals surface area contributed by atoms with Crippen LogP contribution < -0.4 is 29.6 Å². The molecular formula is C9H10NNaO4S. The molecule has 0 radical (unpaired) electrons. The fraction of sp³-hybridized carbons (Fsp3) is 0.222. The maximum absolute atomic E-state index is 10.9. The Labute approximate surface area is 116 Å². The molecule has 1 heterocycles. The monoisotopic (exact) mass is 251 g/mol. The molecule has 5 nitrogen and oxygen atoms in total. The van der Waals surface area contributed by atoms with E-state index in [0.29, 0.717) is 11.0 Å². The van der Waals surface area contributed by atoms with Gasteiger partial charge < -0.3 is 5.95 Å². The Morgan fingerprint density at radius 1 is 1.44 bits per heavy atom. The van der Waals surface area contributed by atoms with Crippen molar-refractivity contribution in [2.24, 2.45) is 0 Å². The maximum Gasteiger partial charge on any atom is 1.00 e. The second-order valence-electron chi connectivity index (χ2n) is 3.22. The van der Waals surface area contributed by atoms with Gasteiger partial charge in [-0.3, -0.25) is 4.55 Å². The van der Waals surface area contributed by atoms with Gasteiger partial charge in [-0.2, -0.15) is 8.42 Å². The van der Waals surface area contributed by atoms with Gasteiger partial charge in [0.2, 0.25) is 0 Å². The van der Waals surface area contributed by atoms with Crippen molar-refractivity contribution in [1.29, 1.82) is 0 Å². The van der Waals surface area contributed by atoms with Gasteiger partial charge in [-0.05, 0) is 19.1 Å². The van der Waals surface area contributed by atoms with Crippen LogP contribution in [0.3, 0.4) is 0 Å². The van der Waals surface area contributed by atoms with Crippen LogP contribution in [0.15, 0.2) is 28.8 Å².